The molecule has 3 heterocycles. The number of carboxylic acid groups (broad SMARTS) is 1. The second kappa shape index (κ2) is 11.4. The van der Waals surface area contributed by atoms with Gasteiger partial charge in [0.2, 0.25) is 11.7 Å². The monoisotopic (exact) mass is 522 g/mol. The summed E-state index contributed by atoms with van der Waals surface area (Å²) in [6, 6.07) is 7.95. The molecule has 1 aliphatic heterocycles. The molecule has 38 heavy (non-hydrogen) atoms. The van der Waals surface area contributed by atoms with Gasteiger partial charge in [-0.15, -0.1) is 0 Å². The minimum absolute atomic E-state index is 0.249. The normalized spacial score (nSPS) is 16.4. The van der Waals surface area contributed by atoms with Crippen LogP contribution in [0.3, 0.4) is 0 Å². The summed E-state index contributed by atoms with van der Waals surface area (Å²) < 4.78 is 22.1. The van der Waals surface area contributed by atoms with E-state index in [2.05, 4.69) is 28.0 Å². The number of hydrogen-bond donors (Lipinski definition) is 1. The summed E-state index contributed by atoms with van der Waals surface area (Å²) in [4.78, 5) is 22.1. The highest BCUT2D eigenvalue weighted by molar-refractivity contribution is 5.64. The molecule has 5 rings (SSSR count). The molecule has 1 N–H and O–H groups in total. The molecule has 2 aliphatic rings. The molecule has 0 radical (unpaired) electrons. The Balaban J connectivity index is 1.28. The summed E-state index contributed by atoms with van der Waals surface area (Å²) in [5, 5.41) is 13.0. The number of aromatic nitrogens is 3. The molecule has 0 amide bonds. The Labute approximate surface area is 221 Å². The SMILES string of the molecule is CCc1cc(-c2nc(-c3cc(OC)nc(C4CCCC4)c3)no2)cc(C)c1OCCN1CC(OC(=O)O)C1. The highest BCUT2D eigenvalue weighted by atomic mass is 16.7. The second-order valence-electron chi connectivity index (χ2n) is 9.98. The highest BCUT2D eigenvalue weighted by Crippen LogP contribution is 2.36. The Morgan fingerprint density at radius 3 is 2.63 bits per heavy atom. The van der Waals surface area contributed by atoms with Crippen molar-refractivity contribution in [3.8, 4) is 34.5 Å². The van der Waals surface area contributed by atoms with Crippen LogP contribution in [0, 0.1) is 6.92 Å². The van der Waals surface area contributed by atoms with E-state index < -0.39 is 6.16 Å². The fraction of sp³-hybridized carbons (Fsp3) is 0.500. The first-order valence-corrected chi connectivity index (χ1v) is 13.2. The van der Waals surface area contributed by atoms with Gasteiger partial charge in [-0.2, -0.15) is 4.98 Å². The largest absolute Gasteiger partial charge is 0.506 e. The Kier molecular flexibility index (Phi) is 7.78. The molecule has 10 nitrogen and oxygen atoms in total. The van der Waals surface area contributed by atoms with E-state index in [9.17, 15) is 4.79 Å². The molecular formula is C28H34N4O6. The van der Waals surface area contributed by atoms with E-state index in [1.807, 2.05) is 25.1 Å². The first-order valence-electron chi connectivity index (χ1n) is 13.2. The molecule has 1 aliphatic carbocycles. The molecule has 1 saturated heterocycles. The topological polar surface area (TPSA) is 120 Å². The molecule has 202 valence electrons. The number of likely N-dealkylation sites (tertiary alicyclic amines) is 1. The van der Waals surface area contributed by atoms with Crippen LogP contribution < -0.4 is 9.47 Å². The maximum Gasteiger partial charge on any atom is 0.506 e. The van der Waals surface area contributed by atoms with Crippen LogP contribution in [-0.2, 0) is 11.2 Å². The van der Waals surface area contributed by atoms with Gasteiger partial charge in [0.05, 0.1) is 7.11 Å². The van der Waals surface area contributed by atoms with Gasteiger partial charge in [-0.05, 0) is 55.5 Å². The number of carbonyl (C=O) groups is 1. The summed E-state index contributed by atoms with van der Waals surface area (Å²) in [5.41, 5.74) is 4.76. The average molecular weight is 523 g/mol. The minimum Gasteiger partial charge on any atom is -0.492 e. The molecule has 1 aromatic carbocycles. The Hall–Kier alpha value is -3.66. The zero-order valence-electron chi connectivity index (χ0n) is 22.1. The molecular weight excluding hydrogens is 488 g/mol. The second-order valence-corrected chi connectivity index (χ2v) is 9.98. The van der Waals surface area contributed by atoms with Crippen molar-refractivity contribution >= 4 is 6.16 Å². The van der Waals surface area contributed by atoms with Gasteiger partial charge >= 0.3 is 6.16 Å². The Morgan fingerprint density at radius 2 is 1.92 bits per heavy atom. The molecule has 0 unspecified atom stereocenters. The summed E-state index contributed by atoms with van der Waals surface area (Å²) in [6.45, 7) is 6.50. The molecule has 3 aromatic rings. The van der Waals surface area contributed by atoms with Crippen molar-refractivity contribution in [2.75, 3.05) is 33.4 Å². The van der Waals surface area contributed by atoms with Crippen molar-refractivity contribution < 1.29 is 28.6 Å². The van der Waals surface area contributed by atoms with Crippen LogP contribution in [-0.4, -0.2) is 70.7 Å². The van der Waals surface area contributed by atoms with Crippen LogP contribution in [0.5, 0.6) is 11.6 Å². The molecule has 10 heteroatoms. The maximum absolute atomic E-state index is 10.6. The first kappa shape index (κ1) is 26.0. The number of ether oxygens (including phenoxy) is 3. The number of hydrogen-bond acceptors (Lipinski definition) is 9. The van der Waals surface area contributed by atoms with Gasteiger partial charge in [0.1, 0.15) is 18.5 Å². The fourth-order valence-corrected chi connectivity index (χ4v) is 5.29. The lowest BCUT2D eigenvalue weighted by atomic mass is 10.0. The average Bonchev–Trinajstić information content (AvgIpc) is 3.60. The summed E-state index contributed by atoms with van der Waals surface area (Å²) >= 11 is 0. The number of aryl methyl sites for hydroxylation is 2. The number of nitrogens with zero attached hydrogens (tertiary/aromatic N) is 4. The van der Waals surface area contributed by atoms with Crippen LogP contribution >= 0.6 is 0 Å². The van der Waals surface area contributed by atoms with E-state index in [4.69, 9.17) is 28.8 Å². The van der Waals surface area contributed by atoms with Crippen LogP contribution in [0.4, 0.5) is 4.79 Å². The van der Waals surface area contributed by atoms with E-state index in [1.54, 1.807) is 7.11 Å². The van der Waals surface area contributed by atoms with Gasteiger partial charge in [0.25, 0.3) is 5.89 Å². The lowest BCUT2D eigenvalue weighted by Gasteiger charge is -2.37. The van der Waals surface area contributed by atoms with Crippen LogP contribution in [0.2, 0.25) is 0 Å². The Morgan fingerprint density at radius 1 is 1.13 bits per heavy atom. The van der Waals surface area contributed by atoms with Crippen molar-refractivity contribution in [1.29, 1.82) is 0 Å². The van der Waals surface area contributed by atoms with Crippen LogP contribution in [0.1, 0.15) is 55.3 Å². The summed E-state index contributed by atoms with van der Waals surface area (Å²) in [7, 11) is 1.62. The number of methoxy groups -OCH3 is 1. The van der Waals surface area contributed by atoms with Gasteiger partial charge in [-0.3, -0.25) is 4.90 Å². The Bertz CT molecular complexity index is 1280. The maximum atomic E-state index is 10.6. The van der Waals surface area contributed by atoms with E-state index in [0.717, 1.165) is 53.0 Å². The molecule has 2 aromatic heterocycles. The first-order chi connectivity index (χ1) is 18.4. The molecule has 0 bridgehead atoms. The predicted molar refractivity (Wildman–Crippen MR) is 140 cm³/mol. The van der Waals surface area contributed by atoms with Gasteiger partial charge in [-0.1, -0.05) is 24.9 Å². The van der Waals surface area contributed by atoms with Crippen molar-refractivity contribution in [1.82, 2.24) is 20.0 Å². The van der Waals surface area contributed by atoms with Gasteiger partial charge in [0, 0.05) is 48.4 Å². The van der Waals surface area contributed by atoms with Crippen LogP contribution in [0.15, 0.2) is 28.8 Å². The van der Waals surface area contributed by atoms with Gasteiger partial charge < -0.3 is 23.8 Å². The summed E-state index contributed by atoms with van der Waals surface area (Å²) in [6.07, 6.45) is 4.05. The number of pyridine rings is 1. The predicted octanol–water partition coefficient (Wildman–Crippen LogP) is 5.09. The third kappa shape index (κ3) is 5.75. The third-order valence-corrected chi connectivity index (χ3v) is 7.31. The van der Waals surface area contributed by atoms with Crippen LogP contribution in [0.25, 0.3) is 22.8 Å². The van der Waals surface area contributed by atoms with E-state index >= 15 is 0 Å². The third-order valence-electron chi connectivity index (χ3n) is 7.31. The number of benzene rings is 1. The lowest BCUT2D eigenvalue weighted by molar-refractivity contribution is -0.0362. The van der Waals surface area contributed by atoms with Gasteiger partial charge in [-0.25, -0.2) is 9.78 Å². The number of rotatable bonds is 10. The lowest BCUT2D eigenvalue weighted by Crippen LogP contribution is -2.53. The zero-order chi connectivity index (χ0) is 26.6. The van der Waals surface area contributed by atoms with E-state index in [-0.39, 0.29) is 6.10 Å². The molecule has 0 spiro atoms. The summed E-state index contributed by atoms with van der Waals surface area (Å²) in [5.74, 6) is 2.82. The highest BCUT2D eigenvalue weighted by Gasteiger charge is 2.29. The van der Waals surface area contributed by atoms with E-state index in [0.29, 0.717) is 49.8 Å². The molecule has 1 saturated carbocycles. The minimum atomic E-state index is -1.23. The standard InChI is InChI=1S/C28H34N4O6/c1-4-18-12-21(11-17(2)25(18)36-10-9-32-15-22(16-32)37-28(33)34)27-30-26(31-38-27)20-13-23(19-7-5-6-8-19)29-24(14-20)35-3/h11-14,19,22H,4-10,15-16H2,1-3H3,(H,33,34). The zero-order valence-corrected chi connectivity index (χ0v) is 22.1. The van der Waals surface area contributed by atoms with Crippen molar-refractivity contribution in [2.24, 2.45) is 0 Å². The van der Waals surface area contributed by atoms with E-state index in [1.165, 1.54) is 12.8 Å². The van der Waals surface area contributed by atoms with Crippen molar-refractivity contribution in [3.63, 3.8) is 0 Å². The van der Waals surface area contributed by atoms with Crippen molar-refractivity contribution in [2.45, 2.75) is 58.0 Å². The molecule has 0 atom stereocenters. The van der Waals surface area contributed by atoms with Gasteiger partial charge in [0.15, 0.2) is 0 Å². The quantitative estimate of drug-likeness (QED) is 0.360. The smallest absolute Gasteiger partial charge is 0.492 e. The van der Waals surface area contributed by atoms with Crippen molar-refractivity contribution in [3.05, 3.63) is 41.1 Å². The molecule has 2 fully saturated rings. The fourth-order valence-electron chi connectivity index (χ4n) is 5.29.